The third-order valence-electron chi connectivity index (χ3n) is 4.32. The third-order valence-corrected chi connectivity index (χ3v) is 4.32. The highest BCUT2D eigenvalue weighted by Gasteiger charge is 2.16. The molecular weight excluding hydrogens is 370 g/mol. The molecule has 29 heavy (non-hydrogen) atoms. The summed E-state index contributed by atoms with van der Waals surface area (Å²) in [5.41, 5.74) is 13.0. The minimum Gasteiger partial charge on any atom is -0.423 e. The molecule has 8 heteroatoms. The largest absolute Gasteiger partial charge is 0.423 e. The van der Waals surface area contributed by atoms with Crippen LogP contribution >= 0.6 is 0 Å². The first-order chi connectivity index (χ1) is 13.9. The van der Waals surface area contributed by atoms with E-state index in [4.69, 9.17) is 27.5 Å². The summed E-state index contributed by atoms with van der Waals surface area (Å²) in [4.78, 5) is 24.2. The Hall–Kier alpha value is -4.20. The molecule has 0 spiro atoms. The number of nitrogens with one attached hydrogen (secondary N) is 1. The van der Waals surface area contributed by atoms with Crippen molar-refractivity contribution in [3.63, 3.8) is 0 Å². The van der Waals surface area contributed by atoms with Crippen molar-refractivity contribution in [3.8, 4) is 5.75 Å². The van der Waals surface area contributed by atoms with E-state index < -0.39 is 11.9 Å². The Balaban J connectivity index is 1.98. The van der Waals surface area contributed by atoms with E-state index in [-0.39, 0.29) is 18.0 Å². The lowest BCUT2D eigenvalue weighted by molar-refractivity contribution is -0.117. The van der Waals surface area contributed by atoms with Gasteiger partial charge in [0, 0.05) is 11.1 Å². The average molecular weight is 389 g/mol. The molecule has 0 atom stereocenters. The number of rotatable bonds is 6. The lowest BCUT2D eigenvalue weighted by Gasteiger charge is -2.13. The summed E-state index contributed by atoms with van der Waals surface area (Å²) in [5.74, 6) is 4.15. The predicted molar refractivity (Wildman–Crippen MR) is 111 cm³/mol. The Morgan fingerprint density at radius 1 is 1.00 bits per heavy atom. The SMILES string of the molecule is N=C(N)c1ccc2c(CC(N)=O)c(OC(=O)c3ccc(C=NN)cc3)ccc2c1. The zero-order valence-electron chi connectivity index (χ0n) is 15.4. The van der Waals surface area contributed by atoms with Gasteiger partial charge in [0.2, 0.25) is 5.91 Å². The molecule has 0 heterocycles. The molecule has 0 unspecified atom stereocenters. The summed E-state index contributed by atoms with van der Waals surface area (Å²) >= 11 is 0. The molecule has 0 radical (unpaired) electrons. The van der Waals surface area contributed by atoms with Gasteiger partial charge in [-0.2, -0.15) is 5.10 Å². The highest BCUT2D eigenvalue weighted by Crippen LogP contribution is 2.30. The average Bonchev–Trinajstić information content (AvgIpc) is 2.69. The van der Waals surface area contributed by atoms with Crippen LogP contribution in [0.3, 0.4) is 0 Å². The van der Waals surface area contributed by atoms with Crippen molar-refractivity contribution in [1.82, 2.24) is 0 Å². The number of primary amides is 1. The van der Waals surface area contributed by atoms with Gasteiger partial charge in [-0.1, -0.05) is 30.3 Å². The number of nitrogens with two attached hydrogens (primary N) is 3. The fraction of sp³-hybridized carbons (Fsp3) is 0.0476. The van der Waals surface area contributed by atoms with Gasteiger partial charge in [0.15, 0.2) is 0 Å². The number of amidine groups is 1. The van der Waals surface area contributed by atoms with Crippen molar-refractivity contribution in [2.24, 2.45) is 22.4 Å². The maximum atomic E-state index is 12.6. The molecule has 7 N–H and O–H groups in total. The number of benzene rings is 3. The summed E-state index contributed by atoms with van der Waals surface area (Å²) in [7, 11) is 0. The van der Waals surface area contributed by atoms with Crippen molar-refractivity contribution in [1.29, 1.82) is 5.41 Å². The summed E-state index contributed by atoms with van der Waals surface area (Å²) in [5, 5.41) is 12.4. The van der Waals surface area contributed by atoms with E-state index in [9.17, 15) is 9.59 Å². The summed E-state index contributed by atoms with van der Waals surface area (Å²) in [6.07, 6.45) is 1.35. The molecule has 3 aromatic carbocycles. The van der Waals surface area contributed by atoms with E-state index in [1.807, 2.05) is 0 Å². The molecule has 8 nitrogen and oxygen atoms in total. The van der Waals surface area contributed by atoms with E-state index in [0.29, 0.717) is 22.1 Å². The van der Waals surface area contributed by atoms with Crippen molar-refractivity contribution in [3.05, 3.63) is 76.9 Å². The Bertz CT molecular complexity index is 1140. The number of nitrogen functional groups attached to an aromatic ring is 1. The van der Waals surface area contributed by atoms with E-state index in [2.05, 4.69) is 5.10 Å². The molecule has 0 bridgehead atoms. The number of carbonyl (C=O) groups is 2. The number of fused-ring (bicyclic) bond motifs is 1. The minimum absolute atomic E-state index is 0.0676. The zero-order chi connectivity index (χ0) is 21.0. The number of amides is 1. The second-order valence-corrected chi connectivity index (χ2v) is 6.32. The van der Waals surface area contributed by atoms with Crippen LogP contribution in [0.4, 0.5) is 0 Å². The molecular formula is C21H19N5O3. The minimum atomic E-state index is -0.577. The van der Waals surface area contributed by atoms with Gasteiger partial charge in [-0.15, -0.1) is 0 Å². The standard InChI is InChI=1S/C21H19N5O3/c22-19(27)10-17-16-7-5-15(20(23)24)9-14(16)6-8-18(17)29-21(28)13-3-1-12(2-4-13)11-26-25/h1-9,11H,10,25H2,(H2,22,27)(H3,23,24). The summed E-state index contributed by atoms with van der Waals surface area (Å²) < 4.78 is 5.55. The maximum absolute atomic E-state index is 12.6. The highest BCUT2D eigenvalue weighted by atomic mass is 16.5. The number of carbonyl (C=O) groups excluding carboxylic acids is 2. The molecule has 0 saturated carbocycles. The first-order valence-corrected chi connectivity index (χ1v) is 8.63. The second kappa shape index (κ2) is 8.22. The number of hydrazone groups is 1. The number of esters is 1. The van der Waals surface area contributed by atoms with Gasteiger partial charge in [0.05, 0.1) is 18.2 Å². The van der Waals surface area contributed by atoms with Crippen LogP contribution in [0, 0.1) is 5.41 Å². The topological polar surface area (TPSA) is 158 Å². The molecule has 1 amide bonds. The van der Waals surface area contributed by atoms with Crippen molar-refractivity contribution in [2.75, 3.05) is 0 Å². The van der Waals surface area contributed by atoms with Crippen LogP contribution in [0.15, 0.2) is 59.7 Å². The van der Waals surface area contributed by atoms with Gasteiger partial charge < -0.3 is 22.0 Å². The molecule has 0 aliphatic rings. The third kappa shape index (κ3) is 4.38. The Labute approximate surface area is 166 Å². The zero-order valence-corrected chi connectivity index (χ0v) is 15.4. The van der Waals surface area contributed by atoms with Crippen LogP contribution in [0.1, 0.15) is 27.0 Å². The predicted octanol–water partition coefficient (Wildman–Crippen LogP) is 1.66. The van der Waals surface area contributed by atoms with Crippen molar-refractivity contribution < 1.29 is 14.3 Å². The van der Waals surface area contributed by atoms with Crippen LogP contribution in [0.5, 0.6) is 5.75 Å². The maximum Gasteiger partial charge on any atom is 0.343 e. The summed E-state index contributed by atoms with van der Waals surface area (Å²) in [6.45, 7) is 0. The number of nitrogens with zero attached hydrogens (tertiary/aromatic N) is 1. The molecule has 3 rings (SSSR count). The van der Waals surface area contributed by atoms with Gasteiger partial charge in [0.1, 0.15) is 11.6 Å². The smallest absolute Gasteiger partial charge is 0.343 e. The van der Waals surface area contributed by atoms with Crippen LogP contribution < -0.4 is 22.0 Å². The molecule has 0 aliphatic heterocycles. The van der Waals surface area contributed by atoms with Crippen LogP contribution in [0.25, 0.3) is 10.8 Å². The van der Waals surface area contributed by atoms with E-state index in [1.54, 1.807) is 54.6 Å². The molecule has 0 fully saturated rings. The Kier molecular flexibility index (Phi) is 5.54. The van der Waals surface area contributed by atoms with Crippen LogP contribution in [0.2, 0.25) is 0 Å². The van der Waals surface area contributed by atoms with Gasteiger partial charge in [-0.3, -0.25) is 10.2 Å². The van der Waals surface area contributed by atoms with Gasteiger partial charge in [0.25, 0.3) is 0 Å². The normalized spacial score (nSPS) is 10.9. The van der Waals surface area contributed by atoms with Crippen molar-refractivity contribution in [2.45, 2.75) is 6.42 Å². The Morgan fingerprint density at radius 3 is 2.31 bits per heavy atom. The fourth-order valence-corrected chi connectivity index (χ4v) is 2.94. The lowest BCUT2D eigenvalue weighted by atomic mass is 9.98. The first kappa shape index (κ1) is 19.6. The number of hydrogen-bond donors (Lipinski definition) is 4. The van der Waals surface area contributed by atoms with E-state index in [0.717, 1.165) is 10.9 Å². The molecule has 0 aliphatic carbocycles. The summed E-state index contributed by atoms with van der Waals surface area (Å²) in [6, 6.07) is 15.0. The lowest BCUT2D eigenvalue weighted by Crippen LogP contribution is -2.16. The quantitative estimate of drug-likeness (QED) is 0.126. The fourth-order valence-electron chi connectivity index (χ4n) is 2.94. The van der Waals surface area contributed by atoms with Crippen LogP contribution in [-0.4, -0.2) is 23.9 Å². The highest BCUT2D eigenvalue weighted by molar-refractivity contribution is 6.01. The van der Waals surface area contributed by atoms with E-state index in [1.165, 1.54) is 6.21 Å². The van der Waals surface area contributed by atoms with Crippen LogP contribution in [-0.2, 0) is 11.2 Å². The second-order valence-electron chi connectivity index (χ2n) is 6.32. The monoisotopic (exact) mass is 389 g/mol. The first-order valence-electron chi connectivity index (χ1n) is 8.63. The number of ether oxygens (including phenoxy) is 1. The molecule has 3 aromatic rings. The van der Waals surface area contributed by atoms with Gasteiger partial charge >= 0.3 is 5.97 Å². The Morgan fingerprint density at radius 2 is 1.69 bits per heavy atom. The van der Waals surface area contributed by atoms with Gasteiger partial charge in [-0.25, -0.2) is 4.79 Å². The molecule has 146 valence electrons. The van der Waals surface area contributed by atoms with Gasteiger partial charge in [-0.05, 0) is 40.6 Å². The van der Waals surface area contributed by atoms with E-state index >= 15 is 0 Å². The molecule has 0 saturated heterocycles. The number of hydrogen-bond acceptors (Lipinski definition) is 6. The van der Waals surface area contributed by atoms with Crippen molar-refractivity contribution >= 4 is 34.7 Å². The molecule has 0 aromatic heterocycles.